The van der Waals surface area contributed by atoms with Gasteiger partial charge in [0, 0.05) is 16.2 Å². The molecule has 0 N–H and O–H groups in total. The molecule has 1 nitrogen and oxygen atoms in total. The highest BCUT2D eigenvalue weighted by Crippen LogP contribution is 2.47. The molecular formula is C46H28O. The monoisotopic (exact) mass is 609 g/mol. The molecule has 0 spiro atoms. The Morgan fingerprint density at radius 1 is 0.404 bits per heavy atom. The summed E-state index contributed by atoms with van der Waals surface area (Å²) in [5.74, 6) is 0. The Kier molecular flexibility index (Phi) is 3.55. The first-order chi connectivity index (χ1) is 28.7. The number of fused-ring (bicyclic) bond motifs is 8. The van der Waals surface area contributed by atoms with Crippen LogP contribution in [0.3, 0.4) is 0 Å². The fourth-order valence-electron chi connectivity index (χ4n) is 6.90. The number of hydrogen-bond donors (Lipinski definition) is 0. The van der Waals surface area contributed by atoms with Gasteiger partial charge in [-0.15, -0.1) is 0 Å². The smallest absolute Gasteiger partial charge is 0.143 e. The first-order valence-electron chi connectivity index (χ1n) is 21.6. The maximum absolute atomic E-state index is 9.44. The van der Waals surface area contributed by atoms with Crippen LogP contribution >= 0.6 is 0 Å². The van der Waals surface area contributed by atoms with E-state index in [4.69, 9.17) is 16.8 Å². The Hall–Kier alpha value is -6.18. The molecule has 0 aliphatic carbocycles. The van der Waals surface area contributed by atoms with Gasteiger partial charge in [-0.3, -0.25) is 0 Å². The van der Waals surface area contributed by atoms with Crippen molar-refractivity contribution in [3.8, 4) is 33.4 Å². The zero-order valence-corrected chi connectivity index (χ0v) is 24.6. The van der Waals surface area contributed by atoms with E-state index in [9.17, 15) is 5.48 Å². The third-order valence-corrected chi connectivity index (χ3v) is 8.95. The summed E-state index contributed by atoms with van der Waals surface area (Å²) in [5, 5.41) is 4.63. The molecule has 0 saturated heterocycles. The summed E-state index contributed by atoms with van der Waals surface area (Å²) in [7, 11) is 0. The molecule has 0 saturated carbocycles. The number of furan rings is 1. The zero-order valence-electron chi connectivity index (χ0n) is 37.6. The van der Waals surface area contributed by atoms with Crippen molar-refractivity contribution in [2.75, 3.05) is 0 Å². The van der Waals surface area contributed by atoms with Crippen molar-refractivity contribution in [1.29, 1.82) is 0 Å². The van der Waals surface area contributed by atoms with Gasteiger partial charge in [-0.1, -0.05) is 139 Å². The van der Waals surface area contributed by atoms with Crippen molar-refractivity contribution < 1.29 is 22.2 Å². The molecule has 0 aliphatic heterocycles. The molecule has 0 fully saturated rings. The van der Waals surface area contributed by atoms with Crippen molar-refractivity contribution in [3.63, 3.8) is 0 Å². The van der Waals surface area contributed by atoms with Gasteiger partial charge in [-0.05, 0) is 101 Å². The molecule has 1 heterocycles. The average Bonchev–Trinajstić information content (AvgIpc) is 3.66. The van der Waals surface area contributed by atoms with Crippen LogP contribution in [-0.2, 0) is 0 Å². The molecule has 1 aromatic heterocycles. The number of rotatable bonds is 3. The van der Waals surface area contributed by atoms with Gasteiger partial charge < -0.3 is 4.42 Å². The molecule has 1 heteroatoms. The molecule has 0 bridgehead atoms. The van der Waals surface area contributed by atoms with Crippen molar-refractivity contribution in [2.24, 2.45) is 0 Å². The van der Waals surface area contributed by atoms with Crippen molar-refractivity contribution in [3.05, 3.63) is 170 Å². The van der Waals surface area contributed by atoms with Crippen LogP contribution in [0.2, 0.25) is 0 Å². The van der Waals surface area contributed by atoms with Crippen LogP contribution in [-0.4, -0.2) is 0 Å². The number of benzene rings is 9. The first kappa shape index (κ1) is 16.4. The third-order valence-electron chi connectivity index (χ3n) is 8.95. The van der Waals surface area contributed by atoms with Crippen LogP contribution in [0.15, 0.2) is 174 Å². The van der Waals surface area contributed by atoms with Gasteiger partial charge in [0.05, 0.1) is 17.8 Å². The standard InChI is InChI=1S/C46H28O/c1-2-11-29(12-3-1)32-23-25-35-33(27-32)24-26-41-45-40(19-10-20-42(45)47-46(35)41)44-38-17-8-6-15-36(38)43(37-16-7-9-18-39(37)44)34-22-21-30-13-4-5-14-31(30)28-34/h1-28H/i1D,2D,3D,6D,7D,8D,9D,11D,12D,15D,16D,17D,18D. The topological polar surface area (TPSA) is 13.1 Å². The molecule has 9 aromatic carbocycles. The lowest BCUT2D eigenvalue weighted by molar-refractivity contribution is 0.673. The van der Waals surface area contributed by atoms with Crippen molar-refractivity contribution in [1.82, 2.24) is 0 Å². The highest BCUT2D eigenvalue weighted by Gasteiger charge is 2.21. The third kappa shape index (κ3) is 3.97. The summed E-state index contributed by atoms with van der Waals surface area (Å²) >= 11 is 0. The first-order valence-corrected chi connectivity index (χ1v) is 15.1. The van der Waals surface area contributed by atoms with E-state index in [1.165, 1.54) is 0 Å². The van der Waals surface area contributed by atoms with Crippen LogP contribution in [0.5, 0.6) is 0 Å². The lowest BCUT2D eigenvalue weighted by atomic mass is 9.84. The quantitative estimate of drug-likeness (QED) is 0.182. The highest BCUT2D eigenvalue weighted by molar-refractivity contribution is 6.27. The lowest BCUT2D eigenvalue weighted by Crippen LogP contribution is -1.91. The average molecular weight is 610 g/mol. The summed E-state index contributed by atoms with van der Waals surface area (Å²) in [5.41, 5.74) is 2.76. The minimum Gasteiger partial charge on any atom is -0.455 e. The van der Waals surface area contributed by atoms with Gasteiger partial charge in [-0.25, -0.2) is 0 Å². The van der Waals surface area contributed by atoms with E-state index in [0.29, 0.717) is 49.4 Å². The second kappa shape index (κ2) is 10.2. The van der Waals surface area contributed by atoms with Gasteiger partial charge in [0.1, 0.15) is 11.2 Å². The van der Waals surface area contributed by atoms with E-state index in [0.717, 1.165) is 10.8 Å². The molecule has 0 aliphatic rings. The number of hydrogen-bond acceptors (Lipinski definition) is 1. The summed E-state index contributed by atoms with van der Waals surface area (Å²) in [6, 6.07) is 21.8. The SMILES string of the molecule is [2H]c1c([2H])c([2H])c(-c2ccc3c(ccc4c3oc3cccc(-c5c6c([2H])c([2H])c([2H])c([2H])c6c(-c6ccc7ccccc7c6)c6c([2H])c([2H])c([2H])c([2H])c56)c34)c2)c([2H])c1[2H]. The Morgan fingerprint density at radius 2 is 1.02 bits per heavy atom. The normalized spacial score (nSPS) is 15.7. The molecule has 10 aromatic rings. The van der Waals surface area contributed by atoms with Crippen LogP contribution in [0.4, 0.5) is 0 Å². The lowest BCUT2D eigenvalue weighted by Gasteiger charge is -2.18. The zero-order chi connectivity index (χ0) is 42.2. The van der Waals surface area contributed by atoms with E-state index in [1.807, 2.05) is 48.5 Å². The molecule has 0 radical (unpaired) electrons. The molecule has 0 atom stereocenters. The van der Waals surface area contributed by atoms with Gasteiger partial charge in [0.2, 0.25) is 0 Å². The van der Waals surface area contributed by atoms with Crippen molar-refractivity contribution >= 4 is 65.0 Å². The minimum atomic E-state index is -0.497. The van der Waals surface area contributed by atoms with Gasteiger partial charge in [-0.2, -0.15) is 0 Å². The van der Waals surface area contributed by atoms with E-state index in [-0.39, 0.29) is 74.5 Å². The molecule has 10 rings (SSSR count). The van der Waals surface area contributed by atoms with Crippen LogP contribution < -0.4 is 0 Å². The van der Waals surface area contributed by atoms with Gasteiger partial charge >= 0.3 is 0 Å². The summed E-state index contributed by atoms with van der Waals surface area (Å²) in [6.07, 6.45) is 0. The molecule has 47 heavy (non-hydrogen) atoms. The minimum absolute atomic E-state index is 0.0647. The highest BCUT2D eigenvalue weighted by atomic mass is 16.3. The second-order valence-electron chi connectivity index (χ2n) is 11.5. The van der Waals surface area contributed by atoms with Crippen molar-refractivity contribution in [2.45, 2.75) is 0 Å². The molecular weight excluding hydrogens is 569 g/mol. The summed E-state index contributed by atoms with van der Waals surface area (Å²) in [6.45, 7) is 0. The van der Waals surface area contributed by atoms with E-state index >= 15 is 0 Å². The van der Waals surface area contributed by atoms with Crippen LogP contribution in [0, 0.1) is 0 Å². The Morgan fingerprint density at radius 3 is 1.79 bits per heavy atom. The molecule has 218 valence electrons. The fourth-order valence-corrected chi connectivity index (χ4v) is 6.90. The predicted molar refractivity (Wildman–Crippen MR) is 200 cm³/mol. The molecule has 0 amide bonds. The Balaban J connectivity index is 1.35. The Labute approximate surface area is 290 Å². The van der Waals surface area contributed by atoms with Crippen LogP contribution in [0.25, 0.3) is 98.4 Å². The van der Waals surface area contributed by atoms with Crippen LogP contribution in [0.1, 0.15) is 17.8 Å². The fraction of sp³-hybridized carbons (Fsp3) is 0. The maximum atomic E-state index is 9.44. The van der Waals surface area contributed by atoms with Gasteiger partial charge in [0.15, 0.2) is 0 Å². The largest absolute Gasteiger partial charge is 0.455 e. The maximum Gasteiger partial charge on any atom is 0.143 e. The Bertz CT molecular complexity index is 3480. The van der Waals surface area contributed by atoms with E-state index < -0.39 is 42.3 Å². The predicted octanol–water partition coefficient (Wildman–Crippen LogP) is 13.2. The molecule has 0 unspecified atom stereocenters. The van der Waals surface area contributed by atoms with Gasteiger partial charge in [0.25, 0.3) is 0 Å². The van der Waals surface area contributed by atoms with E-state index in [2.05, 4.69) is 0 Å². The second-order valence-corrected chi connectivity index (χ2v) is 11.5. The summed E-state index contributed by atoms with van der Waals surface area (Å²) < 4.78 is 121. The van der Waals surface area contributed by atoms with E-state index in [1.54, 1.807) is 42.5 Å². The summed E-state index contributed by atoms with van der Waals surface area (Å²) in [4.78, 5) is 0.